The second-order valence-corrected chi connectivity index (χ2v) is 16.5. The van der Waals surface area contributed by atoms with Gasteiger partial charge in [-0.15, -0.1) is 0 Å². The largest absolute Gasteiger partial charge is 0.507 e. The Hall–Kier alpha value is -8.29. The van der Waals surface area contributed by atoms with E-state index in [0.717, 1.165) is 21.5 Å². The molecule has 0 radical (unpaired) electrons. The van der Waals surface area contributed by atoms with Crippen molar-refractivity contribution in [3.8, 4) is 34.5 Å². The van der Waals surface area contributed by atoms with Crippen molar-refractivity contribution in [3.63, 3.8) is 0 Å². The van der Waals surface area contributed by atoms with Gasteiger partial charge in [-0.3, -0.25) is 4.79 Å². The number of ketones is 1. The van der Waals surface area contributed by atoms with Gasteiger partial charge in [-0.1, -0.05) is 146 Å². The zero-order valence-corrected chi connectivity index (χ0v) is 34.6. The molecule has 6 N–H and O–H groups in total. The van der Waals surface area contributed by atoms with Gasteiger partial charge in [0.15, 0.2) is 5.78 Å². The molecule has 64 heavy (non-hydrogen) atoms. The molecule has 10 aromatic rings. The summed E-state index contributed by atoms with van der Waals surface area (Å²) in [5.41, 5.74) is 4.29. The van der Waals surface area contributed by atoms with E-state index in [1.165, 1.54) is 0 Å². The average Bonchev–Trinajstić information content (AvgIpc) is 3.32. The number of rotatable bonds is 10. The van der Waals surface area contributed by atoms with Crippen molar-refractivity contribution >= 4 is 48.9 Å². The van der Waals surface area contributed by atoms with Crippen molar-refractivity contribution in [2.45, 2.75) is 25.7 Å². The number of carbonyl (C=O) groups excluding carboxylic acids is 1. The Labute approximate surface area is 368 Å². The molecule has 7 heteroatoms. The summed E-state index contributed by atoms with van der Waals surface area (Å²) >= 11 is 0. The maximum atomic E-state index is 15.1. The summed E-state index contributed by atoms with van der Waals surface area (Å²) in [5, 5.41) is 75.8. The van der Waals surface area contributed by atoms with Crippen LogP contribution < -0.4 is 0 Å². The van der Waals surface area contributed by atoms with Gasteiger partial charge in [0.25, 0.3) is 0 Å². The number of hydrogen-bond acceptors (Lipinski definition) is 7. The summed E-state index contributed by atoms with van der Waals surface area (Å²) < 4.78 is 0. The second kappa shape index (κ2) is 16.2. The molecule has 10 rings (SSSR count). The molecule has 0 saturated carbocycles. The van der Waals surface area contributed by atoms with Gasteiger partial charge in [-0.2, -0.15) is 0 Å². The maximum Gasteiger partial charge on any atom is 0.193 e. The van der Waals surface area contributed by atoms with E-state index in [0.29, 0.717) is 66.1 Å². The number of fused-ring (bicyclic) bond motifs is 4. The van der Waals surface area contributed by atoms with E-state index < -0.39 is 5.78 Å². The normalized spacial score (nSPS) is 11.5. The van der Waals surface area contributed by atoms with Crippen LogP contribution in [-0.4, -0.2) is 36.4 Å². The molecular weight excluding hydrogens is 797 g/mol. The highest BCUT2D eigenvalue weighted by atomic mass is 16.3. The highest BCUT2D eigenvalue weighted by Gasteiger charge is 2.23. The van der Waals surface area contributed by atoms with E-state index in [4.69, 9.17) is 0 Å². The summed E-state index contributed by atoms with van der Waals surface area (Å²) in [5.74, 6) is -0.241. The fraction of sp³-hybridized carbons (Fsp3) is 0.0702. The van der Waals surface area contributed by atoms with Gasteiger partial charge in [-0.25, -0.2) is 0 Å². The molecule has 7 nitrogen and oxygen atoms in total. The molecule has 10 aromatic carbocycles. The Morgan fingerprint density at radius 1 is 0.281 bits per heavy atom. The molecule has 0 saturated heterocycles. The third kappa shape index (κ3) is 7.23. The third-order valence-electron chi connectivity index (χ3n) is 12.5. The van der Waals surface area contributed by atoms with Crippen molar-refractivity contribution < 1.29 is 35.4 Å². The van der Waals surface area contributed by atoms with Gasteiger partial charge in [0.05, 0.1) is 0 Å². The number of carbonyl (C=O) groups is 1. The summed E-state index contributed by atoms with van der Waals surface area (Å²) in [6.07, 6.45) is 0.369. The predicted octanol–water partition coefficient (Wildman–Crippen LogP) is 12.1. The smallest absolute Gasteiger partial charge is 0.193 e. The van der Waals surface area contributed by atoms with Crippen molar-refractivity contribution in [1.82, 2.24) is 0 Å². The first-order chi connectivity index (χ1) is 31.1. The zero-order valence-electron chi connectivity index (χ0n) is 34.6. The summed E-state index contributed by atoms with van der Waals surface area (Å²) in [6, 6.07) is 51.3. The van der Waals surface area contributed by atoms with Crippen LogP contribution in [-0.2, 0) is 25.7 Å². The molecular formula is C57H42O7. The minimum absolute atomic E-state index is 0.0673. The summed E-state index contributed by atoms with van der Waals surface area (Å²) in [6.45, 7) is 0. The van der Waals surface area contributed by atoms with Gasteiger partial charge in [-0.05, 0) is 90.3 Å². The fourth-order valence-electron chi connectivity index (χ4n) is 9.08. The Balaban J connectivity index is 1.11. The first-order valence-electron chi connectivity index (χ1n) is 21.1. The fourth-order valence-corrected chi connectivity index (χ4v) is 9.08. The molecule has 0 bridgehead atoms. The van der Waals surface area contributed by atoms with Crippen LogP contribution in [0.1, 0.15) is 60.4 Å². The number of benzene rings is 10. The van der Waals surface area contributed by atoms with E-state index in [1.807, 2.05) is 146 Å². The highest BCUT2D eigenvalue weighted by molar-refractivity contribution is 6.10. The minimum atomic E-state index is -0.402. The predicted molar refractivity (Wildman–Crippen MR) is 253 cm³/mol. The lowest BCUT2D eigenvalue weighted by molar-refractivity contribution is 0.103. The highest BCUT2D eigenvalue weighted by Crippen LogP contribution is 2.40. The third-order valence-corrected chi connectivity index (χ3v) is 12.5. The van der Waals surface area contributed by atoms with E-state index in [-0.39, 0.29) is 71.3 Å². The first-order valence-corrected chi connectivity index (χ1v) is 21.1. The van der Waals surface area contributed by atoms with Gasteiger partial charge < -0.3 is 30.6 Å². The topological polar surface area (TPSA) is 138 Å². The summed E-state index contributed by atoms with van der Waals surface area (Å²) in [7, 11) is 0. The van der Waals surface area contributed by atoms with Crippen LogP contribution in [0.3, 0.4) is 0 Å². The number of aromatic hydroxyl groups is 6. The van der Waals surface area contributed by atoms with Crippen molar-refractivity contribution in [1.29, 1.82) is 0 Å². The van der Waals surface area contributed by atoms with E-state index in [9.17, 15) is 30.6 Å². The number of hydrogen-bond donors (Lipinski definition) is 6. The van der Waals surface area contributed by atoms with Crippen LogP contribution in [0.4, 0.5) is 0 Å². The monoisotopic (exact) mass is 838 g/mol. The minimum Gasteiger partial charge on any atom is -0.507 e. The van der Waals surface area contributed by atoms with Gasteiger partial charge >= 0.3 is 0 Å². The van der Waals surface area contributed by atoms with Crippen LogP contribution >= 0.6 is 0 Å². The van der Waals surface area contributed by atoms with Crippen molar-refractivity contribution in [2.75, 3.05) is 0 Å². The summed E-state index contributed by atoms with van der Waals surface area (Å²) in [4.78, 5) is 15.1. The van der Waals surface area contributed by atoms with Crippen LogP contribution in [0.5, 0.6) is 34.5 Å². The Morgan fingerprint density at radius 3 is 0.766 bits per heavy atom. The SMILES string of the molecule is O=C(c1cc(Cc2ccc3ccccc3c2O)c(O)c(Cc2ccc3ccccc3c2O)c1)c1cc(Cc2ccc3ccccc3c2O)c(O)c(Cc2ccc3ccccc3c2O)c1. The Bertz CT molecular complexity index is 3050. The molecule has 0 aliphatic rings. The van der Waals surface area contributed by atoms with Crippen LogP contribution in [0, 0.1) is 0 Å². The first kappa shape index (κ1) is 39.8. The van der Waals surface area contributed by atoms with Crippen molar-refractivity contribution in [3.05, 3.63) is 225 Å². The quantitative estimate of drug-likeness (QED) is 0.0754. The lowest BCUT2D eigenvalue weighted by Crippen LogP contribution is -2.08. The van der Waals surface area contributed by atoms with E-state index >= 15 is 4.79 Å². The molecule has 0 aliphatic carbocycles. The molecule has 0 unspecified atom stereocenters. The zero-order chi connectivity index (χ0) is 44.1. The van der Waals surface area contributed by atoms with Crippen molar-refractivity contribution in [2.24, 2.45) is 0 Å². The lowest BCUT2D eigenvalue weighted by atomic mass is 9.88. The van der Waals surface area contributed by atoms with Crippen LogP contribution in [0.15, 0.2) is 170 Å². The van der Waals surface area contributed by atoms with Gasteiger partial charge in [0.1, 0.15) is 34.5 Å². The van der Waals surface area contributed by atoms with Gasteiger partial charge in [0, 0.05) is 58.4 Å². The molecule has 0 atom stereocenters. The molecule has 0 fully saturated rings. The van der Waals surface area contributed by atoms with Gasteiger partial charge in [0.2, 0.25) is 0 Å². The average molecular weight is 839 g/mol. The molecule has 0 aromatic heterocycles. The van der Waals surface area contributed by atoms with E-state index in [1.54, 1.807) is 24.3 Å². The Kier molecular flexibility index (Phi) is 10.1. The molecule has 0 heterocycles. The standard InChI is InChI=1S/C57H42O7/c58-51-41(25-37-21-17-33-9-1-5-13-47(33)54(37)61)29-45(30-42(51)26-38-22-18-34-10-2-6-14-48(34)55(38)62)53(60)46-31-43(27-39-23-19-35-11-3-7-15-49(35)56(39)63)52(59)44(32-46)28-40-24-20-36-12-4-8-16-50(36)57(40)64/h1-24,29-32,58-59,61-64H,25-28H2. The lowest BCUT2D eigenvalue weighted by Gasteiger charge is -2.17. The number of phenols is 6. The Morgan fingerprint density at radius 2 is 0.516 bits per heavy atom. The second-order valence-electron chi connectivity index (χ2n) is 16.5. The van der Waals surface area contributed by atoms with Crippen LogP contribution in [0.25, 0.3) is 43.1 Å². The van der Waals surface area contributed by atoms with Crippen LogP contribution in [0.2, 0.25) is 0 Å². The molecule has 0 amide bonds. The molecule has 0 aliphatic heterocycles. The maximum absolute atomic E-state index is 15.1. The number of phenolic OH excluding ortho intramolecular Hbond substituents is 6. The molecule has 0 spiro atoms. The molecule has 312 valence electrons. The van der Waals surface area contributed by atoms with E-state index in [2.05, 4.69) is 0 Å².